The van der Waals surface area contributed by atoms with Gasteiger partial charge in [-0.05, 0) is 54.5 Å². The smallest absolute Gasteiger partial charge is 0.244 e. The van der Waals surface area contributed by atoms with E-state index < -0.39 is 0 Å². The van der Waals surface area contributed by atoms with Crippen LogP contribution in [0.1, 0.15) is 29.3 Å². The van der Waals surface area contributed by atoms with E-state index >= 15 is 0 Å². The molecule has 3 aromatic rings. The van der Waals surface area contributed by atoms with Crippen LogP contribution in [0.4, 0.5) is 4.39 Å². The van der Waals surface area contributed by atoms with Crippen molar-refractivity contribution in [1.29, 1.82) is 0 Å². The lowest BCUT2D eigenvalue weighted by Crippen LogP contribution is -2.21. The number of hydrogen-bond donors (Lipinski definition) is 0. The van der Waals surface area contributed by atoms with Crippen molar-refractivity contribution in [3.63, 3.8) is 0 Å². The average molecular weight is 410 g/mol. The van der Waals surface area contributed by atoms with E-state index in [1.807, 2.05) is 14.0 Å². The van der Waals surface area contributed by atoms with Gasteiger partial charge in [0.1, 0.15) is 5.82 Å². The molecule has 126 valence electrons. The van der Waals surface area contributed by atoms with Crippen molar-refractivity contribution < 1.29 is 8.91 Å². The van der Waals surface area contributed by atoms with Crippen molar-refractivity contribution in [3.05, 3.63) is 56.3 Å². The molecule has 24 heavy (non-hydrogen) atoms. The zero-order valence-electron chi connectivity index (χ0n) is 13.6. The molecule has 0 aliphatic rings. The third kappa shape index (κ3) is 3.74. The Kier molecular flexibility index (Phi) is 5.12. The van der Waals surface area contributed by atoms with Gasteiger partial charge in [-0.25, -0.2) is 4.39 Å². The van der Waals surface area contributed by atoms with Crippen LogP contribution in [0.2, 0.25) is 0 Å². The van der Waals surface area contributed by atoms with E-state index in [0.29, 0.717) is 22.8 Å². The van der Waals surface area contributed by atoms with Gasteiger partial charge < -0.3 is 4.52 Å². The molecule has 3 rings (SSSR count). The fourth-order valence-electron chi connectivity index (χ4n) is 2.26. The van der Waals surface area contributed by atoms with Crippen molar-refractivity contribution >= 4 is 27.3 Å². The summed E-state index contributed by atoms with van der Waals surface area (Å²) in [6, 6.07) is 7.00. The first-order chi connectivity index (χ1) is 11.4. The van der Waals surface area contributed by atoms with Crippen molar-refractivity contribution in [2.45, 2.75) is 26.4 Å². The first-order valence-corrected chi connectivity index (χ1v) is 9.14. The van der Waals surface area contributed by atoms with Crippen LogP contribution in [-0.4, -0.2) is 22.1 Å². The van der Waals surface area contributed by atoms with Gasteiger partial charge in [-0.3, -0.25) is 4.90 Å². The average Bonchev–Trinajstić information content (AvgIpc) is 3.18. The quantitative estimate of drug-likeness (QED) is 0.580. The topological polar surface area (TPSA) is 42.2 Å². The van der Waals surface area contributed by atoms with Crippen molar-refractivity contribution in [1.82, 2.24) is 15.0 Å². The molecule has 0 aliphatic carbocycles. The Balaban J connectivity index is 1.75. The maximum atomic E-state index is 13.7. The second-order valence-electron chi connectivity index (χ2n) is 5.74. The molecule has 0 fully saturated rings. The Morgan fingerprint density at radius 2 is 2.17 bits per heavy atom. The number of halogens is 2. The van der Waals surface area contributed by atoms with Gasteiger partial charge in [0.2, 0.25) is 11.7 Å². The third-order valence-electron chi connectivity index (χ3n) is 3.92. The van der Waals surface area contributed by atoms with Gasteiger partial charge in [0.25, 0.3) is 0 Å². The molecule has 2 aromatic heterocycles. The summed E-state index contributed by atoms with van der Waals surface area (Å²) in [5, 5.41) is 6.05. The number of thiophene rings is 1. The zero-order valence-corrected chi connectivity index (χ0v) is 16.0. The Morgan fingerprint density at radius 1 is 1.38 bits per heavy atom. The Labute approximate surface area is 152 Å². The van der Waals surface area contributed by atoms with Crippen LogP contribution in [0.15, 0.2) is 38.6 Å². The molecule has 0 amide bonds. The number of nitrogens with zero attached hydrogens (tertiary/aromatic N) is 3. The molecule has 4 nitrogen and oxygen atoms in total. The van der Waals surface area contributed by atoms with E-state index in [-0.39, 0.29) is 11.9 Å². The Bertz CT molecular complexity index is 848. The summed E-state index contributed by atoms with van der Waals surface area (Å²) in [6.45, 7) is 4.52. The number of hydrogen-bond acceptors (Lipinski definition) is 5. The van der Waals surface area contributed by atoms with Crippen LogP contribution in [0, 0.1) is 12.7 Å². The van der Waals surface area contributed by atoms with E-state index in [0.717, 1.165) is 11.0 Å². The molecule has 0 aliphatic heterocycles. The number of aromatic nitrogens is 2. The molecular formula is C17H17BrFN3OS. The summed E-state index contributed by atoms with van der Waals surface area (Å²) in [7, 11) is 2.01. The largest absolute Gasteiger partial charge is 0.337 e. The first kappa shape index (κ1) is 17.3. The maximum Gasteiger partial charge on any atom is 0.244 e. The highest BCUT2D eigenvalue weighted by Crippen LogP contribution is 2.26. The molecule has 1 unspecified atom stereocenters. The molecule has 0 radical (unpaired) electrons. The highest BCUT2D eigenvalue weighted by molar-refractivity contribution is 9.10. The van der Waals surface area contributed by atoms with Gasteiger partial charge in [0.05, 0.1) is 6.04 Å². The molecule has 0 saturated carbocycles. The molecular weight excluding hydrogens is 393 g/mol. The Morgan fingerprint density at radius 3 is 2.83 bits per heavy atom. The molecule has 0 N–H and O–H groups in total. The highest BCUT2D eigenvalue weighted by atomic mass is 79.9. The van der Waals surface area contributed by atoms with E-state index in [1.165, 1.54) is 10.9 Å². The van der Waals surface area contributed by atoms with Gasteiger partial charge >= 0.3 is 0 Å². The normalized spacial score (nSPS) is 12.8. The summed E-state index contributed by atoms with van der Waals surface area (Å²) < 4.78 is 20.2. The molecule has 0 spiro atoms. The van der Waals surface area contributed by atoms with Crippen LogP contribution >= 0.6 is 27.3 Å². The predicted molar refractivity (Wildman–Crippen MR) is 96.3 cm³/mol. The summed E-state index contributed by atoms with van der Waals surface area (Å²) in [5.74, 6) is 0.652. The summed E-state index contributed by atoms with van der Waals surface area (Å²) >= 11 is 5.16. The summed E-state index contributed by atoms with van der Waals surface area (Å²) in [5.41, 5.74) is 1.21. The third-order valence-corrected chi connectivity index (χ3v) is 5.60. The molecule has 2 heterocycles. The first-order valence-electron chi connectivity index (χ1n) is 7.47. The number of aryl methyl sites for hydroxylation is 1. The van der Waals surface area contributed by atoms with Gasteiger partial charge in [0, 0.05) is 26.8 Å². The molecule has 1 atom stereocenters. The highest BCUT2D eigenvalue weighted by Gasteiger charge is 2.20. The van der Waals surface area contributed by atoms with E-state index in [1.54, 1.807) is 30.4 Å². The van der Waals surface area contributed by atoms with Crippen LogP contribution in [0.25, 0.3) is 11.4 Å². The van der Waals surface area contributed by atoms with Gasteiger partial charge in [-0.1, -0.05) is 17.3 Å². The fourth-order valence-corrected chi connectivity index (χ4v) is 3.78. The van der Waals surface area contributed by atoms with E-state index in [4.69, 9.17) is 4.52 Å². The van der Waals surface area contributed by atoms with Crippen LogP contribution < -0.4 is 0 Å². The summed E-state index contributed by atoms with van der Waals surface area (Å²) in [6.07, 6.45) is 0. The molecule has 1 aromatic carbocycles. The van der Waals surface area contributed by atoms with Crippen LogP contribution in [-0.2, 0) is 6.54 Å². The van der Waals surface area contributed by atoms with Gasteiger partial charge in [-0.2, -0.15) is 4.98 Å². The predicted octanol–water partition coefficient (Wildman–Crippen LogP) is 5.20. The molecule has 0 bridgehead atoms. The Hall–Kier alpha value is -1.57. The maximum absolute atomic E-state index is 13.7. The molecule has 0 saturated heterocycles. The zero-order chi connectivity index (χ0) is 17.3. The standard InChI is InChI=1S/C17H17BrFN3OS/c1-10-4-5-12(6-15(10)19)16-20-17(23-21-16)11(2)22(3)8-14-7-13(18)9-24-14/h4-7,9,11H,8H2,1-3H3. The minimum atomic E-state index is -0.271. The SMILES string of the molecule is Cc1ccc(-c2noc(C(C)N(C)Cc3cc(Br)cs3)n2)cc1F. The number of rotatable bonds is 5. The van der Waals surface area contributed by atoms with Gasteiger partial charge in [0.15, 0.2) is 0 Å². The lowest BCUT2D eigenvalue weighted by molar-refractivity contribution is 0.204. The van der Waals surface area contributed by atoms with E-state index in [9.17, 15) is 4.39 Å². The van der Waals surface area contributed by atoms with Crippen LogP contribution in [0.3, 0.4) is 0 Å². The van der Waals surface area contributed by atoms with Crippen LogP contribution in [0.5, 0.6) is 0 Å². The van der Waals surface area contributed by atoms with Crippen molar-refractivity contribution in [3.8, 4) is 11.4 Å². The minimum absolute atomic E-state index is 0.0394. The number of benzene rings is 1. The fraction of sp³-hybridized carbons (Fsp3) is 0.294. The monoisotopic (exact) mass is 409 g/mol. The second-order valence-corrected chi connectivity index (χ2v) is 7.65. The van der Waals surface area contributed by atoms with Crippen molar-refractivity contribution in [2.75, 3.05) is 7.05 Å². The second kappa shape index (κ2) is 7.13. The lowest BCUT2D eigenvalue weighted by Gasteiger charge is -2.20. The van der Waals surface area contributed by atoms with Gasteiger partial charge in [-0.15, -0.1) is 11.3 Å². The van der Waals surface area contributed by atoms with Crippen molar-refractivity contribution in [2.24, 2.45) is 0 Å². The summed E-state index contributed by atoms with van der Waals surface area (Å²) in [4.78, 5) is 7.80. The lowest BCUT2D eigenvalue weighted by atomic mass is 10.1. The minimum Gasteiger partial charge on any atom is -0.337 e. The molecule has 7 heteroatoms. The van der Waals surface area contributed by atoms with E-state index in [2.05, 4.69) is 42.4 Å².